The maximum absolute atomic E-state index is 9.74. The van der Waals surface area contributed by atoms with Crippen LogP contribution in [0.5, 0.6) is 28.7 Å². The number of fused-ring (bicyclic) bond motifs is 2. The Morgan fingerprint density at radius 1 is 1.19 bits per heavy atom. The van der Waals surface area contributed by atoms with E-state index in [9.17, 15) is 10.4 Å². The number of rotatable bonds is 2. The first-order valence-corrected chi connectivity index (χ1v) is 8.00. The van der Waals surface area contributed by atoms with Crippen LogP contribution in [0.25, 0.3) is 0 Å². The molecule has 26 heavy (non-hydrogen) atoms. The summed E-state index contributed by atoms with van der Waals surface area (Å²) in [4.78, 5) is 0. The van der Waals surface area contributed by atoms with Crippen LogP contribution < -0.4 is 24.7 Å². The second kappa shape index (κ2) is 6.08. The van der Waals surface area contributed by atoms with Crippen molar-refractivity contribution >= 4 is 0 Å². The lowest BCUT2D eigenvalue weighted by molar-refractivity contribution is 0.165. The highest BCUT2D eigenvalue weighted by atomic mass is 16.6. The first kappa shape index (κ1) is 16.0. The van der Waals surface area contributed by atoms with Gasteiger partial charge in [-0.25, -0.2) is 0 Å². The largest absolute Gasteiger partial charge is 0.508 e. The minimum absolute atomic E-state index is 0.00413. The molecule has 2 aliphatic heterocycles. The summed E-state index contributed by atoms with van der Waals surface area (Å²) >= 11 is 0. The van der Waals surface area contributed by atoms with Crippen LogP contribution in [0.15, 0.2) is 41.8 Å². The molecule has 7 nitrogen and oxygen atoms in total. The van der Waals surface area contributed by atoms with Crippen molar-refractivity contribution in [2.24, 2.45) is 5.73 Å². The van der Waals surface area contributed by atoms with Gasteiger partial charge in [-0.05, 0) is 23.8 Å². The molecule has 3 N–H and O–H groups in total. The fourth-order valence-corrected chi connectivity index (χ4v) is 3.25. The Morgan fingerprint density at radius 2 is 2.00 bits per heavy atom. The number of nitriles is 1. The number of hydrogen-bond donors (Lipinski definition) is 2. The highest BCUT2D eigenvalue weighted by Crippen LogP contribution is 2.48. The van der Waals surface area contributed by atoms with Gasteiger partial charge in [0.25, 0.3) is 0 Å². The second-order valence-electron chi connectivity index (χ2n) is 5.89. The second-order valence-corrected chi connectivity index (χ2v) is 5.89. The average molecular weight is 352 g/mol. The van der Waals surface area contributed by atoms with Gasteiger partial charge in [0.1, 0.15) is 36.4 Å². The zero-order valence-corrected chi connectivity index (χ0v) is 14.0. The van der Waals surface area contributed by atoms with Crippen LogP contribution in [0.4, 0.5) is 0 Å². The van der Waals surface area contributed by atoms with Crippen LogP contribution in [0.1, 0.15) is 17.0 Å². The number of phenolic OH excluding ortho intramolecular Hbond substituents is 1. The molecular weight excluding hydrogens is 336 g/mol. The van der Waals surface area contributed by atoms with Crippen LogP contribution in [-0.4, -0.2) is 25.4 Å². The summed E-state index contributed by atoms with van der Waals surface area (Å²) in [7, 11) is 1.54. The number of methoxy groups -OCH3 is 1. The monoisotopic (exact) mass is 352 g/mol. The van der Waals surface area contributed by atoms with E-state index in [2.05, 4.69) is 6.07 Å². The standard InChI is InChI=1S/C19H16N2O5/c1-23-15-6-10(7-16-18(15)25-5-4-24-16)17-12-3-2-11(22)8-14(12)26-19(21)13(17)9-20/h2-3,6-8,17,22H,4-5,21H2,1H3/t17-/m1/s1. The predicted octanol–water partition coefficient (Wildman–Crippen LogP) is 2.39. The van der Waals surface area contributed by atoms with E-state index in [1.807, 2.05) is 6.07 Å². The van der Waals surface area contributed by atoms with Crippen molar-refractivity contribution in [1.29, 1.82) is 5.26 Å². The predicted molar refractivity (Wildman–Crippen MR) is 91.4 cm³/mol. The molecule has 1 atom stereocenters. The van der Waals surface area contributed by atoms with Gasteiger partial charge in [-0.3, -0.25) is 0 Å². The third kappa shape index (κ3) is 2.43. The molecule has 0 fully saturated rings. The summed E-state index contributed by atoms with van der Waals surface area (Å²) in [6.45, 7) is 0.874. The molecule has 0 amide bonds. The normalized spacial score (nSPS) is 17.8. The van der Waals surface area contributed by atoms with E-state index in [1.54, 1.807) is 25.3 Å². The van der Waals surface area contributed by atoms with Crippen molar-refractivity contribution in [3.8, 4) is 34.8 Å². The first-order chi connectivity index (χ1) is 12.6. The number of aromatic hydroxyl groups is 1. The Labute approximate surface area is 149 Å². The lowest BCUT2D eigenvalue weighted by Crippen LogP contribution is -2.21. The summed E-state index contributed by atoms with van der Waals surface area (Å²) in [5, 5.41) is 19.4. The number of phenols is 1. The molecule has 2 aromatic carbocycles. The van der Waals surface area contributed by atoms with Gasteiger partial charge in [0.05, 0.1) is 13.0 Å². The molecule has 0 spiro atoms. The van der Waals surface area contributed by atoms with Gasteiger partial charge < -0.3 is 29.8 Å². The highest BCUT2D eigenvalue weighted by molar-refractivity contribution is 5.62. The highest BCUT2D eigenvalue weighted by Gasteiger charge is 2.32. The van der Waals surface area contributed by atoms with Gasteiger partial charge in [-0.1, -0.05) is 6.07 Å². The third-order valence-electron chi connectivity index (χ3n) is 4.39. The van der Waals surface area contributed by atoms with Crippen molar-refractivity contribution in [1.82, 2.24) is 0 Å². The minimum Gasteiger partial charge on any atom is -0.508 e. The van der Waals surface area contributed by atoms with Gasteiger partial charge in [0.15, 0.2) is 11.5 Å². The number of hydrogen-bond acceptors (Lipinski definition) is 7. The fraction of sp³-hybridized carbons (Fsp3) is 0.211. The molecule has 0 aliphatic carbocycles. The molecule has 0 bridgehead atoms. The number of nitrogens with two attached hydrogens (primary N) is 1. The van der Waals surface area contributed by atoms with Gasteiger partial charge in [-0.15, -0.1) is 0 Å². The van der Waals surface area contributed by atoms with Crippen molar-refractivity contribution < 1.29 is 24.1 Å². The topological polar surface area (TPSA) is 107 Å². The molecule has 0 saturated heterocycles. The van der Waals surface area contributed by atoms with E-state index in [-0.39, 0.29) is 17.2 Å². The number of ether oxygens (including phenoxy) is 4. The van der Waals surface area contributed by atoms with Gasteiger partial charge >= 0.3 is 0 Å². The number of nitrogens with zero attached hydrogens (tertiary/aromatic N) is 1. The molecular formula is C19H16N2O5. The molecule has 132 valence electrons. The van der Waals surface area contributed by atoms with Crippen LogP contribution in [-0.2, 0) is 0 Å². The van der Waals surface area contributed by atoms with Crippen LogP contribution >= 0.6 is 0 Å². The molecule has 7 heteroatoms. The molecule has 2 aromatic rings. The summed E-state index contributed by atoms with van der Waals surface area (Å²) in [5.74, 6) is 1.58. The Bertz CT molecular complexity index is 944. The van der Waals surface area contributed by atoms with E-state index >= 15 is 0 Å². The molecule has 2 aliphatic rings. The van der Waals surface area contributed by atoms with E-state index in [0.29, 0.717) is 41.8 Å². The van der Waals surface area contributed by atoms with Crippen LogP contribution in [0, 0.1) is 11.3 Å². The summed E-state index contributed by atoms with van der Waals surface area (Å²) in [6.07, 6.45) is 0. The van der Waals surface area contributed by atoms with Crippen molar-refractivity contribution in [3.05, 3.63) is 52.9 Å². The first-order valence-electron chi connectivity index (χ1n) is 8.00. The SMILES string of the molecule is COc1cc([C@H]2C(C#N)=C(N)Oc3cc(O)ccc32)cc2c1OCCO2. The molecule has 0 radical (unpaired) electrons. The molecule has 4 rings (SSSR count). The zero-order valence-electron chi connectivity index (χ0n) is 14.0. The fourth-order valence-electron chi connectivity index (χ4n) is 3.25. The van der Waals surface area contributed by atoms with Crippen molar-refractivity contribution in [2.75, 3.05) is 20.3 Å². The molecule has 2 heterocycles. The Kier molecular flexibility index (Phi) is 3.73. The number of benzene rings is 2. The van der Waals surface area contributed by atoms with E-state index in [4.69, 9.17) is 24.7 Å². The van der Waals surface area contributed by atoms with E-state index in [1.165, 1.54) is 6.07 Å². The lowest BCUT2D eigenvalue weighted by Gasteiger charge is -2.28. The zero-order chi connectivity index (χ0) is 18.3. The van der Waals surface area contributed by atoms with Gasteiger partial charge in [0.2, 0.25) is 11.6 Å². The van der Waals surface area contributed by atoms with Gasteiger partial charge in [0, 0.05) is 11.6 Å². The maximum Gasteiger partial charge on any atom is 0.205 e. The smallest absolute Gasteiger partial charge is 0.205 e. The Hall–Kier alpha value is -3.53. The van der Waals surface area contributed by atoms with Crippen molar-refractivity contribution in [2.45, 2.75) is 5.92 Å². The van der Waals surface area contributed by atoms with E-state index in [0.717, 1.165) is 5.56 Å². The molecule has 0 unspecified atom stereocenters. The summed E-state index contributed by atoms with van der Waals surface area (Å²) < 4.78 is 22.3. The van der Waals surface area contributed by atoms with Crippen LogP contribution in [0.2, 0.25) is 0 Å². The van der Waals surface area contributed by atoms with Gasteiger partial charge in [-0.2, -0.15) is 5.26 Å². The quantitative estimate of drug-likeness (QED) is 0.854. The number of allylic oxidation sites excluding steroid dienone is 1. The van der Waals surface area contributed by atoms with E-state index < -0.39 is 5.92 Å². The summed E-state index contributed by atoms with van der Waals surface area (Å²) in [5.41, 5.74) is 7.70. The minimum atomic E-state index is -0.478. The maximum atomic E-state index is 9.74. The van der Waals surface area contributed by atoms with Crippen molar-refractivity contribution in [3.63, 3.8) is 0 Å². The Balaban J connectivity index is 1.93. The van der Waals surface area contributed by atoms with Crippen LogP contribution in [0.3, 0.4) is 0 Å². The summed E-state index contributed by atoms with van der Waals surface area (Å²) in [6, 6.07) is 10.5. The average Bonchev–Trinajstić information content (AvgIpc) is 2.65. The lowest BCUT2D eigenvalue weighted by atomic mass is 9.83. The third-order valence-corrected chi connectivity index (χ3v) is 4.39. The molecule has 0 aromatic heterocycles. The molecule has 0 saturated carbocycles. The Morgan fingerprint density at radius 3 is 2.77 bits per heavy atom.